The van der Waals surface area contributed by atoms with Crippen molar-refractivity contribution in [2.75, 3.05) is 17.2 Å². The van der Waals surface area contributed by atoms with Gasteiger partial charge in [-0.3, -0.25) is 9.59 Å². The third-order valence-electron chi connectivity index (χ3n) is 4.40. The van der Waals surface area contributed by atoms with E-state index in [0.717, 1.165) is 5.56 Å². The van der Waals surface area contributed by atoms with Gasteiger partial charge in [0.2, 0.25) is 5.60 Å². The van der Waals surface area contributed by atoms with Crippen LogP contribution >= 0.6 is 11.6 Å². The highest BCUT2D eigenvalue weighted by Crippen LogP contribution is 2.33. The fourth-order valence-corrected chi connectivity index (χ4v) is 3.16. The van der Waals surface area contributed by atoms with Gasteiger partial charge in [-0.2, -0.15) is 0 Å². The van der Waals surface area contributed by atoms with Gasteiger partial charge >= 0.3 is 0 Å². The van der Waals surface area contributed by atoms with Crippen LogP contribution in [0.3, 0.4) is 0 Å². The van der Waals surface area contributed by atoms with Crippen molar-refractivity contribution in [1.82, 2.24) is 0 Å². The molecule has 2 aromatic carbocycles. The molecule has 0 spiro atoms. The Morgan fingerprint density at radius 2 is 2.11 bits per heavy atom. The molecule has 0 bridgehead atoms. The van der Waals surface area contributed by atoms with Gasteiger partial charge in [0.25, 0.3) is 11.8 Å². The summed E-state index contributed by atoms with van der Waals surface area (Å²) < 4.78 is 5.36. The molecule has 8 heteroatoms. The van der Waals surface area contributed by atoms with Crippen molar-refractivity contribution in [2.24, 2.45) is 5.16 Å². The van der Waals surface area contributed by atoms with Crippen molar-refractivity contribution < 1.29 is 19.2 Å². The lowest BCUT2D eigenvalue weighted by Crippen LogP contribution is -2.40. The van der Waals surface area contributed by atoms with E-state index in [4.69, 9.17) is 21.2 Å². The topological polar surface area (TPSA) is 89.0 Å². The van der Waals surface area contributed by atoms with Gasteiger partial charge in [-0.05, 0) is 25.1 Å². The van der Waals surface area contributed by atoms with Crippen molar-refractivity contribution in [2.45, 2.75) is 18.9 Å². The lowest BCUT2D eigenvalue weighted by Gasteiger charge is -2.22. The average Bonchev–Trinajstić information content (AvgIpc) is 3.06. The predicted molar refractivity (Wildman–Crippen MR) is 101 cm³/mol. The van der Waals surface area contributed by atoms with Crippen molar-refractivity contribution >= 4 is 40.5 Å². The SMILES string of the molecule is C[C@@]1(C(=O)Nc2ccc3c(c2)OCC(=O)N3)CC(c2ccccc2Cl)=NO1. The van der Waals surface area contributed by atoms with E-state index >= 15 is 0 Å². The van der Waals surface area contributed by atoms with E-state index < -0.39 is 5.60 Å². The maximum atomic E-state index is 12.8. The molecule has 0 saturated carbocycles. The molecule has 27 heavy (non-hydrogen) atoms. The minimum atomic E-state index is -1.15. The Labute approximate surface area is 160 Å². The third-order valence-corrected chi connectivity index (χ3v) is 4.73. The number of hydrogen-bond donors (Lipinski definition) is 2. The zero-order valence-electron chi connectivity index (χ0n) is 14.4. The minimum absolute atomic E-state index is 0.0553. The number of halogens is 1. The van der Waals surface area contributed by atoms with E-state index in [0.29, 0.717) is 34.3 Å². The van der Waals surface area contributed by atoms with Gasteiger partial charge in [-0.25, -0.2) is 0 Å². The van der Waals surface area contributed by atoms with Crippen LogP contribution in [0.25, 0.3) is 0 Å². The van der Waals surface area contributed by atoms with E-state index in [1.165, 1.54) is 0 Å². The summed E-state index contributed by atoms with van der Waals surface area (Å²) in [5.74, 6) is -0.0543. The first-order chi connectivity index (χ1) is 12.9. The van der Waals surface area contributed by atoms with Gasteiger partial charge in [0.1, 0.15) is 5.75 Å². The molecule has 2 heterocycles. The second-order valence-corrected chi connectivity index (χ2v) is 6.93. The minimum Gasteiger partial charge on any atom is -0.482 e. The molecule has 1 atom stereocenters. The molecular formula is C19H16ClN3O4. The largest absolute Gasteiger partial charge is 0.482 e. The number of benzene rings is 2. The van der Waals surface area contributed by atoms with Crippen molar-refractivity contribution in [1.29, 1.82) is 0 Å². The van der Waals surface area contributed by atoms with E-state index in [-0.39, 0.29) is 18.4 Å². The fraction of sp³-hybridized carbons (Fsp3) is 0.211. The molecule has 7 nitrogen and oxygen atoms in total. The number of ether oxygens (including phenoxy) is 1. The third kappa shape index (κ3) is 3.33. The Kier molecular flexibility index (Phi) is 4.24. The van der Waals surface area contributed by atoms with Gasteiger partial charge in [0.15, 0.2) is 6.61 Å². The van der Waals surface area contributed by atoms with Crippen LogP contribution in [0.15, 0.2) is 47.6 Å². The van der Waals surface area contributed by atoms with Crippen molar-refractivity contribution in [3.63, 3.8) is 0 Å². The van der Waals surface area contributed by atoms with Crippen LogP contribution in [-0.4, -0.2) is 29.7 Å². The normalized spacial score (nSPS) is 20.7. The van der Waals surface area contributed by atoms with E-state index in [2.05, 4.69) is 15.8 Å². The van der Waals surface area contributed by atoms with Crippen LogP contribution in [0.1, 0.15) is 18.9 Å². The maximum absolute atomic E-state index is 12.8. The number of carbonyl (C=O) groups excluding carboxylic acids is 2. The quantitative estimate of drug-likeness (QED) is 0.849. The number of nitrogens with one attached hydrogen (secondary N) is 2. The first-order valence-corrected chi connectivity index (χ1v) is 8.70. The Balaban J connectivity index is 1.48. The molecule has 0 fully saturated rings. The Morgan fingerprint density at radius 1 is 1.30 bits per heavy atom. The molecule has 0 aliphatic carbocycles. The molecular weight excluding hydrogens is 370 g/mol. The smallest absolute Gasteiger partial charge is 0.271 e. The number of oxime groups is 1. The monoisotopic (exact) mass is 385 g/mol. The second-order valence-electron chi connectivity index (χ2n) is 6.52. The molecule has 2 amide bonds. The highest BCUT2D eigenvalue weighted by Gasteiger charge is 2.42. The van der Waals surface area contributed by atoms with E-state index in [9.17, 15) is 9.59 Å². The highest BCUT2D eigenvalue weighted by molar-refractivity contribution is 6.34. The number of hydrogen-bond acceptors (Lipinski definition) is 5. The first kappa shape index (κ1) is 17.4. The number of nitrogens with zero attached hydrogens (tertiary/aromatic N) is 1. The number of rotatable bonds is 3. The van der Waals surface area contributed by atoms with Crippen LogP contribution in [0.2, 0.25) is 5.02 Å². The van der Waals surface area contributed by atoms with Crippen LogP contribution < -0.4 is 15.4 Å². The van der Waals surface area contributed by atoms with Crippen LogP contribution in [0, 0.1) is 0 Å². The molecule has 0 aromatic heterocycles. The van der Waals surface area contributed by atoms with Crippen LogP contribution in [0.4, 0.5) is 11.4 Å². The zero-order chi connectivity index (χ0) is 19.0. The molecule has 2 aromatic rings. The standard InChI is InChI=1S/C19H16ClN3O4/c1-19(9-15(23-27-19)12-4-2-3-5-13(12)20)18(25)21-11-6-7-14-16(8-11)26-10-17(24)22-14/h2-8H,9-10H2,1H3,(H,21,25)(H,22,24)/t19-/m0/s1. The van der Waals surface area contributed by atoms with Gasteiger partial charge in [0, 0.05) is 28.8 Å². The summed E-state index contributed by atoms with van der Waals surface area (Å²) in [6.07, 6.45) is 0.292. The van der Waals surface area contributed by atoms with Gasteiger partial charge in [0.05, 0.1) is 11.4 Å². The van der Waals surface area contributed by atoms with Crippen LogP contribution in [-0.2, 0) is 14.4 Å². The summed E-state index contributed by atoms with van der Waals surface area (Å²) in [5.41, 5.74) is 1.31. The van der Waals surface area contributed by atoms with Gasteiger partial charge < -0.3 is 20.2 Å². The summed E-state index contributed by atoms with van der Waals surface area (Å²) in [7, 11) is 0. The molecule has 138 valence electrons. The summed E-state index contributed by atoms with van der Waals surface area (Å²) in [5, 5.41) is 10.1. The summed E-state index contributed by atoms with van der Waals surface area (Å²) >= 11 is 6.20. The van der Waals surface area contributed by atoms with E-state index in [1.54, 1.807) is 31.2 Å². The summed E-state index contributed by atoms with van der Waals surface area (Å²) in [6.45, 7) is 1.62. The first-order valence-electron chi connectivity index (χ1n) is 8.33. The lowest BCUT2D eigenvalue weighted by atomic mass is 9.95. The average molecular weight is 386 g/mol. The van der Waals surface area contributed by atoms with Crippen molar-refractivity contribution in [3.05, 3.63) is 53.1 Å². The van der Waals surface area contributed by atoms with Crippen LogP contribution in [0.5, 0.6) is 5.75 Å². The number of fused-ring (bicyclic) bond motifs is 1. The van der Waals surface area contributed by atoms with Gasteiger partial charge in [-0.15, -0.1) is 0 Å². The molecule has 2 aliphatic heterocycles. The Hall–Kier alpha value is -3.06. The Morgan fingerprint density at radius 3 is 2.93 bits per heavy atom. The van der Waals surface area contributed by atoms with Gasteiger partial charge in [-0.1, -0.05) is 35.0 Å². The summed E-state index contributed by atoms with van der Waals surface area (Å²) in [4.78, 5) is 29.5. The molecule has 0 radical (unpaired) electrons. The predicted octanol–water partition coefficient (Wildman–Crippen LogP) is 3.19. The van der Waals surface area contributed by atoms with E-state index in [1.807, 2.05) is 18.2 Å². The molecule has 2 aliphatic rings. The molecule has 2 N–H and O–H groups in total. The second kappa shape index (κ2) is 6.59. The fourth-order valence-electron chi connectivity index (χ4n) is 2.92. The van der Waals surface area contributed by atoms with Crippen molar-refractivity contribution in [3.8, 4) is 5.75 Å². The molecule has 0 saturated heterocycles. The molecule has 0 unspecified atom stereocenters. The zero-order valence-corrected chi connectivity index (χ0v) is 15.2. The number of amides is 2. The Bertz CT molecular complexity index is 975. The lowest BCUT2D eigenvalue weighted by molar-refractivity contribution is -0.135. The maximum Gasteiger partial charge on any atom is 0.271 e. The highest BCUT2D eigenvalue weighted by atomic mass is 35.5. The number of anilines is 2. The molecule has 4 rings (SSSR count). The number of carbonyl (C=O) groups is 2. The summed E-state index contributed by atoms with van der Waals surface area (Å²) in [6, 6.07) is 12.3.